The molecule has 5 heteroatoms. The van der Waals surface area contributed by atoms with E-state index in [0.717, 1.165) is 24.6 Å². The molecule has 3 aromatic rings. The molecule has 1 atom stereocenters. The Morgan fingerprint density at radius 2 is 1.63 bits per heavy atom. The highest BCUT2D eigenvalue weighted by molar-refractivity contribution is 5.85. The van der Waals surface area contributed by atoms with E-state index in [2.05, 4.69) is 42.6 Å². The first-order valence-corrected chi connectivity index (χ1v) is 8.82. The van der Waals surface area contributed by atoms with Gasteiger partial charge in [-0.3, -0.25) is 0 Å². The smallest absolute Gasteiger partial charge is 0.310 e. The van der Waals surface area contributed by atoms with Crippen molar-refractivity contribution in [2.24, 2.45) is 0 Å². The third-order valence-electron chi connectivity index (χ3n) is 4.62. The van der Waals surface area contributed by atoms with Crippen LogP contribution < -0.4 is 5.32 Å². The van der Waals surface area contributed by atoms with Crippen LogP contribution in [0.15, 0.2) is 66.7 Å². The standard InChI is InChI=1S/C22H22F3N.ClH/c1-16(19-12-11-18-8-2-3-9-20(18)15-19)26-13-5-7-17-6-4-10-21(14-17)22(23,24)25;/h2-4,6,8-12,14-16,26H,5,7,13H2,1H3;1H/t16-;/m0./s1. The number of benzene rings is 3. The molecule has 0 aromatic heterocycles. The summed E-state index contributed by atoms with van der Waals surface area (Å²) in [7, 11) is 0. The van der Waals surface area contributed by atoms with E-state index < -0.39 is 11.7 Å². The first-order valence-electron chi connectivity index (χ1n) is 8.82. The zero-order valence-electron chi connectivity index (χ0n) is 15.1. The Kier molecular flexibility index (Phi) is 7.28. The molecule has 144 valence electrons. The first-order chi connectivity index (χ1) is 12.4. The summed E-state index contributed by atoms with van der Waals surface area (Å²) in [6.45, 7) is 2.86. The van der Waals surface area contributed by atoms with Gasteiger partial charge in [-0.05, 0) is 60.3 Å². The Morgan fingerprint density at radius 3 is 2.37 bits per heavy atom. The summed E-state index contributed by atoms with van der Waals surface area (Å²) in [4.78, 5) is 0. The lowest BCUT2D eigenvalue weighted by Crippen LogP contribution is -2.20. The maximum Gasteiger partial charge on any atom is 0.416 e. The van der Waals surface area contributed by atoms with E-state index in [1.165, 1.54) is 28.5 Å². The predicted octanol–water partition coefficient (Wildman–Crippen LogP) is 6.56. The average molecular weight is 394 g/mol. The minimum absolute atomic E-state index is 0. The van der Waals surface area contributed by atoms with Gasteiger partial charge in [0.1, 0.15) is 0 Å². The van der Waals surface area contributed by atoms with Crippen molar-refractivity contribution in [3.05, 3.63) is 83.4 Å². The molecule has 0 amide bonds. The van der Waals surface area contributed by atoms with Gasteiger partial charge in [-0.15, -0.1) is 12.4 Å². The van der Waals surface area contributed by atoms with Crippen LogP contribution in [0, 0.1) is 0 Å². The molecule has 27 heavy (non-hydrogen) atoms. The van der Waals surface area contributed by atoms with E-state index in [1.807, 2.05) is 12.1 Å². The van der Waals surface area contributed by atoms with Gasteiger partial charge < -0.3 is 5.32 Å². The second kappa shape index (κ2) is 9.25. The molecule has 0 spiro atoms. The van der Waals surface area contributed by atoms with Gasteiger partial charge in [0, 0.05) is 6.04 Å². The largest absolute Gasteiger partial charge is 0.416 e. The van der Waals surface area contributed by atoms with Crippen molar-refractivity contribution in [2.75, 3.05) is 6.54 Å². The summed E-state index contributed by atoms with van der Waals surface area (Å²) in [5.74, 6) is 0. The number of alkyl halides is 3. The van der Waals surface area contributed by atoms with Gasteiger partial charge in [-0.2, -0.15) is 13.2 Å². The summed E-state index contributed by atoms with van der Waals surface area (Å²) in [6.07, 6.45) is -2.86. The van der Waals surface area contributed by atoms with Crippen LogP contribution in [0.4, 0.5) is 13.2 Å². The van der Waals surface area contributed by atoms with Crippen molar-refractivity contribution in [2.45, 2.75) is 32.0 Å². The molecular formula is C22H23ClF3N. The van der Waals surface area contributed by atoms with Crippen molar-refractivity contribution in [1.29, 1.82) is 0 Å². The Labute approximate surface area is 164 Å². The molecular weight excluding hydrogens is 371 g/mol. The number of nitrogens with one attached hydrogen (secondary N) is 1. The van der Waals surface area contributed by atoms with E-state index in [9.17, 15) is 13.2 Å². The summed E-state index contributed by atoms with van der Waals surface area (Å²) in [5, 5.41) is 5.88. The van der Waals surface area contributed by atoms with E-state index in [4.69, 9.17) is 0 Å². The van der Waals surface area contributed by atoms with Crippen molar-refractivity contribution < 1.29 is 13.2 Å². The van der Waals surface area contributed by atoms with Gasteiger partial charge >= 0.3 is 6.18 Å². The fraction of sp³-hybridized carbons (Fsp3) is 0.273. The summed E-state index contributed by atoms with van der Waals surface area (Å²) >= 11 is 0. The molecule has 0 fully saturated rings. The van der Waals surface area contributed by atoms with Crippen molar-refractivity contribution in [3.8, 4) is 0 Å². The van der Waals surface area contributed by atoms with Crippen LogP contribution in [0.25, 0.3) is 10.8 Å². The number of hydrogen-bond donors (Lipinski definition) is 1. The van der Waals surface area contributed by atoms with E-state index in [-0.39, 0.29) is 18.4 Å². The van der Waals surface area contributed by atoms with Crippen LogP contribution in [-0.2, 0) is 12.6 Å². The van der Waals surface area contributed by atoms with Gasteiger partial charge in [0.2, 0.25) is 0 Å². The second-order valence-corrected chi connectivity index (χ2v) is 6.58. The Hall–Kier alpha value is -2.04. The van der Waals surface area contributed by atoms with Crippen LogP contribution >= 0.6 is 12.4 Å². The highest BCUT2D eigenvalue weighted by Gasteiger charge is 2.30. The molecule has 0 unspecified atom stereocenters. The summed E-state index contributed by atoms with van der Waals surface area (Å²) < 4.78 is 38.2. The minimum Gasteiger partial charge on any atom is -0.310 e. The highest BCUT2D eigenvalue weighted by atomic mass is 35.5. The van der Waals surface area contributed by atoms with E-state index >= 15 is 0 Å². The summed E-state index contributed by atoms with van der Waals surface area (Å²) in [6, 6.07) is 20.4. The minimum atomic E-state index is -4.28. The van der Waals surface area contributed by atoms with E-state index in [1.54, 1.807) is 6.07 Å². The van der Waals surface area contributed by atoms with Crippen molar-refractivity contribution in [1.82, 2.24) is 5.32 Å². The van der Waals surface area contributed by atoms with Gasteiger partial charge in [0.05, 0.1) is 5.56 Å². The molecule has 0 saturated carbocycles. The second-order valence-electron chi connectivity index (χ2n) is 6.58. The van der Waals surface area contributed by atoms with Crippen LogP contribution in [0.3, 0.4) is 0 Å². The van der Waals surface area contributed by atoms with Gasteiger partial charge in [0.15, 0.2) is 0 Å². The fourth-order valence-electron chi connectivity index (χ4n) is 3.11. The lowest BCUT2D eigenvalue weighted by Gasteiger charge is -2.15. The molecule has 1 N–H and O–H groups in total. The third-order valence-corrected chi connectivity index (χ3v) is 4.62. The predicted molar refractivity (Wildman–Crippen MR) is 107 cm³/mol. The third kappa shape index (κ3) is 5.72. The molecule has 0 radical (unpaired) electrons. The molecule has 3 rings (SSSR count). The number of hydrogen-bond acceptors (Lipinski definition) is 1. The SMILES string of the molecule is C[C@H](NCCCc1cccc(C(F)(F)F)c1)c1ccc2ccccc2c1.Cl. The molecule has 0 aliphatic heterocycles. The fourth-order valence-corrected chi connectivity index (χ4v) is 3.11. The number of fused-ring (bicyclic) bond motifs is 1. The number of aryl methyl sites for hydroxylation is 1. The number of rotatable bonds is 6. The normalized spacial score (nSPS) is 12.6. The van der Waals surface area contributed by atoms with Crippen LogP contribution in [0.5, 0.6) is 0 Å². The summed E-state index contributed by atoms with van der Waals surface area (Å²) in [5.41, 5.74) is 1.36. The van der Waals surface area contributed by atoms with Crippen molar-refractivity contribution in [3.63, 3.8) is 0 Å². The molecule has 1 nitrogen and oxygen atoms in total. The van der Waals surface area contributed by atoms with Crippen molar-refractivity contribution >= 4 is 23.2 Å². The Morgan fingerprint density at radius 1 is 0.889 bits per heavy atom. The van der Waals surface area contributed by atoms with Gasteiger partial charge in [-0.25, -0.2) is 0 Å². The molecule has 0 aliphatic carbocycles. The van der Waals surface area contributed by atoms with E-state index in [0.29, 0.717) is 6.42 Å². The lowest BCUT2D eigenvalue weighted by molar-refractivity contribution is -0.137. The monoisotopic (exact) mass is 393 g/mol. The van der Waals surface area contributed by atoms with Crippen LogP contribution in [-0.4, -0.2) is 6.54 Å². The zero-order chi connectivity index (χ0) is 18.6. The lowest BCUT2D eigenvalue weighted by atomic mass is 10.0. The Balaban J connectivity index is 0.00000261. The average Bonchev–Trinajstić information content (AvgIpc) is 2.64. The van der Waals surface area contributed by atoms with Crippen LogP contribution in [0.2, 0.25) is 0 Å². The maximum atomic E-state index is 12.7. The number of halogens is 4. The maximum absolute atomic E-state index is 12.7. The Bertz CT molecular complexity index is 877. The van der Waals surface area contributed by atoms with Gasteiger partial charge in [0.25, 0.3) is 0 Å². The molecule has 0 bridgehead atoms. The quantitative estimate of drug-likeness (QED) is 0.467. The molecule has 0 saturated heterocycles. The first kappa shape index (κ1) is 21.3. The van der Waals surface area contributed by atoms with Crippen LogP contribution in [0.1, 0.15) is 36.1 Å². The molecule has 0 aliphatic rings. The topological polar surface area (TPSA) is 12.0 Å². The molecule has 0 heterocycles. The van der Waals surface area contributed by atoms with Gasteiger partial charge in [-0.1, -0.05) is 54.6 Å². The zero-order valence-corrected chi connectivity index (χ0v) is 15.9. The molecule has 3 aromatic carbocycles. The highest BCUT2D eigenvalue weighted by Crippen LogP contribution is 2.29.